The Kier molecular flexibility index (Phi) is 6.14. The van der Waals surface area contributed by atoms with Gasteiger partial charge in [-0.05, 0) is 26.7 Å². The van der Waals surface area contributed by atoms with Gasteiger partial charge < -0.3 is 15.3 Å². The minimum Gasteiger partial charge on any atom is -0.465 e. The summed E-state index contributed by atoms with van der Waals surface area (Å²) < 4.78 is 4.71. The smallest absolute Gasteiger partial charge is 0.322 e. The predicted octanol–water partition coefficient (Wildman–Crippen LogP) is 0.636. The van der Waals surface area contributed by atoms with E-state index in [1.54, 1.807) is 6.92 Å². The quantitative estimate of drug-likeness (QED) is 0.619. The number of hydrogen-bond donors (Lipinski definition) is 1. The second-order valence-corrected chi connectivity index (χ2v) is 2.95. The van der Waals surface area contributed by atoms with Crippen molar-refractivity contribution in [3.05, 3.63) is 0 Å². The summed E-state index contributed by atoms with van der Waals surface area (Å²) in [5, 5.41) is 0. The van der Waals surface area contributed by atoms with Gasteiger partial charge in [0.1, 0.15) is 11.8 Å². The van der Waals surface area contributed by atoms with Crippen LogP contribution in [0.15, 0.2) is 0 Å². The fourth-order valence-corrected chi connectivity index (χ4v) is 0.938. The highest BCUT2D eigenvalue weighted by molar-refractivity contribution is 5.76. The van der Waals surface area contributed by atoms with E-state index in [1.807, 2.05) is 0 Å². The average molecular weight is 187 g/mol. The van der Waals surface area contributed by atoms with Gasteiger partial charge in [-0.2, -0.15) is 0 Å². The first-order chi connectivity index (χ1) is 6.07. The lowest BCUT2D eigenvalue weighted by Crippen LogP contribution is -2.32. The van der Waals surface area contributed by atoms with E-state index in [0.29, 0.717) is 25.9 Å². The number of carbonyl (C=O) groups excluding carboxylic acids is 2. The molecule has 4 heteroatoms. The number of hydrogen-bond acceptors (Lipinski definition) is 4. The molecule has 0 aliphatic carbocycles. The molecule has 0 amide bonds. The molecule has 2 N–H and O–H groups in total. The zero-order valence-corrected chi connectivity index (χ0v) is 8.21. The first-order valence-electron chi connectivity index (χ1n) is 4.49. The van der Waals surface area contributed by atoms with Crippen LogP contribution in [0.3, 0.4) is 0 Å². The van der Waals surface area contributed by atoms with Gasteiger partial charge in [0.15, 0.2) is 0 Å². The van der Waals surface area contributed by atoms with Crippen LogP contribution in [0.2, 0.25) is 0 Å². The second-order valence-electron chi connectivity index (χ2n) is 2.95. The van der Waals surface area contributed by atoms with Crippen molar-refractivity contribution in [2.24, 2.45) is 5.73 Å². The van der Waals surface area contributed by atoms with Crippen LogP contribution in [0.4, 0.5) is 0 Å². The lowest BCUT2D eigenvalue weighted by atomic mass is 10.1. The van der Waals surface area contributed by atoms with Crippen LogP contribution in [0, 0.1) is 0 Å². The van der Waals surface area contributed by atoms with E-state index >= 15 is 0 Å². The highest BCUT2D eigenvalue weighted by Gasteiger charge is 2.13. The molecule has 13 heavy (non-hydrogen) atoms. The predicted molar refractivity (Wildman–Crippen MR) is 49.1 cm³/mol. The largest absolute Gasteiger partial charge is 0.465 e. The Morgan fingerprint density at radius 3 is 2.54 bits per heavy atom. The van der Waals surface area contributed by atoms with Crippen LogP contribution < -0.4 is 5.73 Å². The highest BCUT2D eigenvalue weighted by Crippen LogP contribution is 2.01. The molecule has 0 bridgehead atoms. The molecule has 0 aromatic rings. The van der Waals surface area contributed by atoms with Gasteiger partial charge >= 0.3 is 5.97 Å². The van der Waals surface area contributed by atoms with Crippen molar-refractivity contribution in [1.82, 2.24) is 0 Å². The molecule has 0 aliphatic rings. The molecule has 0 saturated heterocycles. The van der Waals surface area contributed by atoms with Crippen LogP contribution in [0.5, 0.6) is 0 Å². The van der Waals surface area contributed by atoms with Gasteiger partial charge in [0.05, 0.1) is 6.61 Å². The molecule has 76 valence electrons. The Balaban J connectivity index is 3.55. The molecule has 0 aromatic carbocycles. The van der Waals surface area contributed by atoms with Crippen LogP contribution in [-0.4, -0.2) is 24.4 Å². The fraction of sp³-hybridized carbons (Fsp3) is 0.778. The maximum atomic E-state index is 11.0. The molecule has 0 rings (SSSR count). The topological polar surface area (TPSA) is 69.4 Å². The summed E-state index contributed by atoms with van der Waals surface area (Å²) in [5.41, 5.74) is 5.50. The Morgan fingerprint density at radius 1 is 1.46 bits per heavy atom. The van der Waals surface area contributed by atoms with Gasteiger partial charge in [0.2, 0.25) is 0 Å². The van der Waals surface area contributed by atoms with E-state index in [2.05, 4.69) is 0 Å². The fourth-order valence-electron chi connectivity index (χ4n) is 0.938. The number of carbonyl (C=O) groups is 2. The molecule has 0 aliphatic heterocycles. The van der Waals surface area contributed by atoms with Crippen LogP contribution >= 0.6 is 0 Å². The van der Waals surface area contributed by atoms with E-state index in [4.69, 9.17) is 10.5 Å². The standard InChI is InChI=1S/C9H17NO3/c1-3-13-9(12)8(10)6-4-5-7(2)11/h8H,3-6,10H2,1-2H3. The van der Waals surface area contributed by atoms with Crippen LogP contribution in [-0.2, 0) is 14.3 Å². The van der Waals surface area contributed by atoms with Crippen molar-refractivity contribution in [3.63, 3.8) is 0 Å². The molecule has 1 unspecified atom stereocenters. The maximum Gasteiger partial charge on any atom is 0.322 e. The van der Waals surface area contributed by atoms with E-state index in [0.717, 1.165) is 0 Å². The van der Waals surface area contributed by atoms with Crippen molar-refractivity contribution in [2.75, 3.05) is 6.61 Å². The molecule has 4 nitrogen and oxygen atoms in total. The zero-order chi connectivity index (χ0) is 10.3. The summed E-state index contributed by atoms with van der Waals surface area (Å²) in [6.45, 7) is 3.61. The van der Waals surface area contributed by atoms with Gasteiger partial charge in [0, 0.05) is 6.42 Å². The van der Waals surface area contributed by atoms with E-state index in [-0.39, 0.29) is 11.8 Å². The van der Waals surface area contributed by atoms with Crippen molar-refractivity contribution in [1.29, 1.82) is 0 Å². The van der Waals surface area contributed by atoms with Gasteiger partial charge in [-0.15, -0.1) is 0 Å². The highest BCUT2D eigenvalue weighted by atomic mass is 16.5. The van der Waals surface area contributed by atoms with Crippen molar-refractivity contribution < 1.29 is 14.3 Å². The summed E-state index contributed by atoms with van der Waals surface area (Å²) in [7, 11) is 0. The van der Waals surface area contributed by atoms with E-state index < -0.39 is 6.04 Å². The minimum atomic E-state index is -0.584. The summed E-state index contributed by atoms with van der Waals surface area (Å²) >= 11 is 0. The Morgan fingerprint density at radius 2 is 2.08 bits per heavy atom. The number of nitrogens with two attached hydrogens (primary N) is 1. The SMILES string of the molecule is CCOC(=O)C(N)CCCC(C)=O. The third kappa shape index (κ3) is 6.28. The summed E-state index contributed by atoms with van der Waals surface area (Å²) in [5.74, 6) is -0.262. The summed E-state index contributed by atoms with van der Waals surface area (Å²) in [6, 6.07) is -0.584. The second kappa shape index (κ2) is 6.60. The zero-order valence-electron chi connectivity index (χ0n) is 8.21. The summed E-state index contributed by atoms with van der Waals surface area (Å²) in [4.78, 5) is 21.6. The normalized spacial score (nSPS) is 12.2. The molecule has 0 fully saturated rings. The van der Waals surface area contributed by atoms with E-state index in [9.17, 15) is 9.59 Å². The molecule has 1 atom stereocenters. The summed E-state index contributed by atoms with van der Waals surface area (Å²) in [6.07, 6.45) is 1.64. The molecule has 0 spiro atoms. The Bertz CT molecular complexity index is 180. The van der Waals surface area contributed by atoms with Gasteiger partial charge in [-0.1, -0.05) is 0 Å². The monoisotopic (exact) mass is 187 g/mol. The van der Waals surface area contributed by atoms with Crippen molar-refractivity contribution >= 4 is 11.8 Å². The first kappa shape index (κ1) is 12.1. The van der Waals surface area contributed by atoms with Crippen molar-refractivity contribution in [2.45, 2.75) is 39.2 Å². The van der Waals surface area contributed by atoms with Crippen molar-refractivity contribution in [3.8, 4) is 0 Å². The van der Waals surface area contributed by atoms with Gasteiger partial charge in [-0.25, -0.2) is 0 Å². The Labute approximate surface area is 78.4 Å². The molecular formula is C9H17NO3. The molecule has 0 radical (unpaired) electrons. The number of esters is 1. The maximum absolute atomic E-state index is 11.0. The third-order valence-corrected chi connectivity index (χ3v) is 1.63. The molecule has 0 heterocycles. The molecule has 0 saturated carbocycles. The van der Waals surface area contributed by atoms with Gasteiger partial charge in [0.25, 0.3) is 0 Å². The van der Waals surface area contributed by atoms with Gasteiger partial charge in [-0.3, -0.25) is 4.79 Å². The third-order valence-electron chi connectivity index (χ3n) is 1.63. The first-order valence-corrected chi connectivity index (χ1v) is 4.49. The number of rotatable bonds is 6. The van der Waals surface area contributed by atoms with E-state index in [1.165, 1.54) is 6.92 Å². The molecular weight excluding hydrogens is 170 g/mol. The number of ether oxygens (including phenoxy) is 1. The van der Waals surface area contributed by atoms with Crippen LogP contribution in [0.1, 0.15) is 33.1 Å². The Hall–Kier alpha value is -0.900. The van der Waals surface area contributed by atoms with Crippen LogP contribution in [0.25, 0.3) is 0 Å². The lowest BCUT2D eigenvalue weighted by molar-refractivity contribution is -0.145. The lowest BCUT2D eigenvalue weighted by Gasteiger charge is -2.09. The molecule has 0 aromatic heterocycles. The number of ketones is 1. The number of Topliss-reactive ketones (excluding diaryl/α,β-unsaturated/α-hetero) is 1. The average Bonchev–Trinajstić information content (AvgIpc) is 2.04. The minimum absolute atomic E-state index is 0.121.